The van der Waals surface area contributed by atoms with Crippen LogP contribution >= 0.6 is 11.6 Å². The number of ether oxygens (including phenoxy) is 2. The molecule has 0 N–H and O–H groups in total. The Bertz CT molecular complexity index is 1110. The van der Waals surface area contributed by atoms with Crippen molar-refractivity contribution < 1.29 is 9.47 Å². The van der Waals surface area contributed by atoms with E-state index in [0.717, 1.165) is 22.6 Å². The molecule has 0 fully saturated rings. The van der Waals surface area contributed by atoms with Crippen molar-refractivity contribution in [3.63, 3.8) is 0 Å². The average Bonchev–Trinajstić information content (AvgIpc) is 3.13. The number of hydrogen-bond donors (Lipinski definition) is 0. The Morgan fingerprint density at radius 2 is 1.65 bits per heavy atom. The number of benzene rings is 2. The van der Waals surface area contributed by atoms with E-state index in [4.69, 9.17) is 21.1 Å². The summed E-state index contributed by atoms with van der Waals surface area (Å²) >= 11 is 5.99. The van der Waals surface area contributed by atoms with Crippen LogP contribution in [0.5, 0.6) is 11.5 Å². The van der Waals surface area contributed by atoms with Crippen LogP contribution < -0.4 is 9.47 Å². The van der Waals surface area contributed by atoms with E-state index in [0.29, 0.717) is 35.6 Å². The summed E-state index contributed by atoms with van der Waals surface area (Å²) in [7, 11) is 0. The number of nitrogens with zero attached hydrogens (tertiary/aromatic N) is 4. The Kier molecular flexibility index (Phi) is 3.50. The summed E-state index contributed by atoms with van der Waals surface area (Å²) in [4.78, 5) is 8.88. The molecule has 5 rings (SSSR count). The summed E-state index contributed by atoms with van der Waals surface area (Å²) in [6.45, 7) is 1.10. The summed E-state index contributed by atoms with van der Waals surface area (Å²) in [5.41, 5.74) is 2.73. The first kappa shape index (κ1) is 15.2. The molecule has 0 amide bonds. The van der Waals surface area contributed by atoms with Crippen LogP contribution in [0.15, 0.2) is 54.7 Å². The molecule has 1 aliphatic heterocycles. The average molecular weight is 365 g/mol. The molecule has 4 aromatic rings. The lowest BCUT2D eigenvalue weighted by Crippen LogP contribution is -2.15. The lowest BCUT2D eigenvalue weighted by Gasteiger charge is -2.18. The van der Waals surface area contributed by atoms with Crippen LogP contribution in [0, 0.1) is 0 Å². The van der Waals surface area contributed by atoms with E-state index in [1.807, 2.05) is 48.5 Å². The van der Waals surface area contributed by atoms with Gasteiger partial charge in [-0.1, -0.05) is 23.7 Å². The number of rotatable bonds is 2. The zero-order valence-electron chi connectivity index (χ0n) is 13.6. The van der Waals surface area contributed by atoms with E-state index >= 15 is 0 Å². The quantitative estimate of drug-likeness (QED) is 0.540. The van der Waals surface area contributed by atoms with Crippen LogP contribution in [-0.4, -0.2) is 32.8 Å². The second-order valence-corrected chi connectivity index (χ2v) is 6.28. The van der Waals surface area contributed by atoms with Gasteiger partial charge in [0.05, 0.1) is 5.69 Å². The third-order valence-electron chi connectivity index (χ3n) is 4.18. The highest BCUT2D eigenvalue weighted by atomic mass is 35.5. The van der Waals surface area contributed by atoms with Gasteiger partial charge in [0.2, 0.25) is 0 Å². The van der Waals surface area contributed by atoms with Crippen LogP contribution in [-0.2, 0) is 0 Å². The molecular weight excluding hydrogens is 352 g/mol. The highest BCUT2D eigenvalue weighted by Gasteiger charge is 2.16. The SMILES string of the molecule is Clc1ccc(-c2ccnc3nc(-c4ccc5c(c4)OCCO5)nn23)cc1. The largest absolute Gasteiger partial charge is 0.486 e. The van der Waals surface area contributed by atoms with E-state index < -0.39 is 0 Å². The number of fused-ring (bicyclic) bond motifs is 2. The van der Waals surface area contributed by atoms with E-state index in [9.17, 15) is 0 Å². The van der Waals surface area contributed by atoms with Crippen LogP contribution in [0.1, 0.15) is 0 Å². The molecule has 1 aliphatic rings. The highest BCUT2D eigenvalue weighted by Crippen LogP contribution is 2.34. The van der Waals surface area contributed by atoms with Gasteiger partial charge in [-0.15, -0.1) is 5.10 Å². The topological polar surface area (TPSA) is 61.5 Å². The summed E-state index contributed by atoms with van der Waals surface area (Å²) < 4.78 is 12.9. The first-order valence-corrected chi connectivity index (χ1v) is 8.53. The molecule has 2 aromatic heterocycles. The van der Waals surface area contributed by atoms with Crippen molar-refractivity contribution in [3.8, 4) is 34.1 Å². The van der Waals surface area contributed by atoms with E-state index in [-0.39, 0.29) is 0 Å². The number of hydrogen-bond acceptors (Lipinski definition) is 5. The molecule has 0 saturated heterocycles. The molecule has 0 aliphatic carbocycles. The second-order valence-electron chi connectivity index (χ2n) is 5.84. The van der Waals surface area contributed by atoms with Crippen molar-refractivity contribution in [3.05, 3.63) is 59.8 Å². The summed E-state index contributed by atoms with van der Waals surface area (Å²) in [5.74, 6) is 2.56. The minimum absolute atomic E-state index is 0.530. The van der Waals surface area contributed by atoms with Gasteiger partial charge in [0, 0.05) is 22.3 Å². The van der Waals surface area contributed by atoms with Gasteiger partial charge < -0.3 is 9.47 Å². The van der Waals surface area contributed by atoms with Gasteiger partial charge in [-0.05, 0) is 36.4 Å². The van der Waals surface area contributed by atoms with Gasteiger partial charge in [0.25, 0.3) is 5.78 Å². The molecule has 26 heavy (non-hydrogen) atoms. The summed E-state index contributed by atoms with van der Waals surface area (Å²) in [5, 5.41) is 5.33. The van der Waals surface area contributed by atoms with Gasteiger partial charge in [0.15, 0.2) is 17.3 Å². The molecule has 2 aromatic carbocycles. The molecule has 128 valence electrons. The maximum atomic E-state index is 5.99. The Hall–Kier alpha value is -3.12. The molecule has 7 heteroatoms. The predicted molar refractivity (Wildman–Crippen MR) is 97.7 cm³/mol. The van der Waals surface area contributed by atoms with Crippen molar-refractivity contribution in [1.29, 1.82) is 0 Å². The zero-order valence-corrected chi connectivity index (χ0v) is 14.3. The molecule has 0 saturated carbocycles. The summed E-state index contributed by atoms with van der Waals surface area (Å²) in [6, 6.07) is 15.2. The van der Waals surface area contributed by atoms with E-state index in [1.54, 1.807) is 10.7 Å². The van der Waals surface area contributed by atoms with Gasteiger partial charge >= 0.3 is 0 Å². The van der Waals surface area contributed by atoms with E-state index in [2.05, 4.69) is 15.1 Å². The van der Waals surface area contributed by atoms with Crippen LogP contribution in [0.3, 0.4) is 0 Å². The van der Waals surface area contributed by atoms with Crippen molar-refractivity contribution in [2.24, 2.45) is 0 Å². The molecular formula is C19H13ClN4O2. The molecule has 0 bridgehead atoms. The van der Waals surface area contributed by atoms with Gasteiger partial charge in [0.1, 0.15) is 13.2 Å². The van der Waals surface area contributed by atoms with Crippen LogP contribution in [0.25, 0.3) is 28.4 Å². The maximum absolute atomic E-state index is 5.99. The summed E-state index contributed by atoms with van der Waals surface area (Å²) in [6.07, 6.45) is 1.72. The lowest BCUT2D eigenvalue weighted by molar-refractivity contribution is 0.171. The van der Waals surface area contributed by atoms with Crippen LogP contribution in [0.4, 0.5) is 0 Å². The highest BCUT2D eigenvalue weighted by molar-refractivity contribution is 6.30. The lowest BCUT2D eigenvalue weighted by atomic mass is 10.1. The fraction of sp³-hybridized carbons (Fsp3) is 0.105. The molecule has 6 nitrogen and oxygen atoms in total. The standard InChI is InChI=1S/C19H13ClN4O2/c20-14-4-1-12(2-5-14)15-7-8-21-19-22-18(23-24(15)19)13-3-6-16-17(11-13)26-10-9-25-16/h1-8,11H,9-10H2. The Balaban J connectivity index is 1.62. The molecule has 0 atom stereocenters. The smallest absolute Gasteiger partial charge is 0.253 e. The maximum Gasteiger partial charge on any atom is 0.253 e. The van der Waals surface area contributed by atoms with Gasteiger partial charge in [-0.25, -0.2) is 4.98 Å². The zero-order chi connectivity index (χ0) is 17.5. The van der Waals surface area contributed by atoms with Gasteiger partial charge in [-0.3, -0.25) is 0 Å². The number of aromatic nitrogens is 4. The third kappa shape index (κ3) is 2.55. The fourth-order valence-corrected chi connectivity index (χ4v) is 3.06. The van der Waals surface area contributed by atoms with Crippen molar-refractivity contribution in [1.82, 2.24) is 19.6 Å². The van der Waals surface area contributed by atoms with Crippen LogP contribution in [0.2, 0.25) is 5.02 Å². The van der Waals surface area contributed by atoms with Crippen molar-refractivity contribution >= 4 is 17.4 Å². The Morgan fingerprint density at radius 1 is 0.885 bits per heavy atom. The molecule has 3 heterocycles. The Morgan fingerprint density at radius 3 is 2.50 bits per heavy atom. The molecule has 0 spiro atoms. The molecule has 0 unspecified atom stereocenters. The molecule has 0 radical (unpaired) electrons. The minimum atomic E-state index is 0.530. The monoisotopic (exact) mass is 364 g/mol. The van der Waals surface area contributed by atoms with Crippen molar-refractivity contribution in [2.75, 3.05) is 13.2 Å². The van der Waals surface area contributed by atoms with Crippen molar-refractivity contribution in [2.45, 2.75) is 0 Å². The first-order chi connectivity index (χ1) is 12.8. The fourth-order valence-electron chi connectivity index (χ4n) is 2.94. The first-order valence-electron chi connectivity index (χ1n) is 8.16. The van der Waals surface area contributed by atoms with Gasteiger partial charge in [-0.2, -0.15) is 9.50 Å². The number of halogens is 1. The third-order valence-corrected chi connectivity index (χ3v) is 4.43. The Labute approximate surface area is 154 Å². The minimum Gasteiger partial charge on any atom is -0.486 e. The normalized spacial score (nSPS) is 13.1. The predicted octanol–water partition coefficient (Wildman–Crippen LogP) is 3.88. The van der Waals surface area contributed by atoms with E-state index in [1.165, 1.54) is 0 Å². The second kappa shape index (κ2) is 6.00.